The van der Waals surface area contributed by atoms with Crippen molar-refractivity contribution in [1.82, 2.24) is 0 Å². The molecule has 0 aromatic heterocycles. The number of aliphatic hydroxyl groups excluding tert-OH is 1. The summed E-state index contributed by atoms with van der Waals surface area (Å²) >= 11 is 0. The molecule has 1 aliphatic rings. The highest BCUT2D eigenvalue weighted by molar-refractivity contribution is 6.02. The van der Waals surface area contributed by atoms with Gasteiger partial charge in [-0.15, -0.1) is 0 Å². The van der Waals surface area contributed by atoms with Crippen LogP contribution >= 0.6 is 0 Å². The lowest BCUT2D eigenvalue weighted by Crippen LogP contribution is -2.06. The van der Waals surface area contributed by atoms with Gasteiger partial charge in [0.1, 0.15) is 0 Å². The molecule has 0 atom stereocenters. The van der Waals surface area contributed by atoms with E-state index in [1.54, 1.807) is 25.2 Å². The lowest BCUT2D eigenvalue weighted by atomic mass is 10.1. The minimum absolute atomic E-state index is 0.0628. The first-order chi connectivity index (χ1) is 6.63. The molecule has 0 aromatic carbocycles. The van der Waals surface area contributed by atoms with Gasteiger partial charge in [0.25, 0.3) is 0 Å². The van der Waals surface area contributed by atoms with Gasteiger partial charge in [-0.1, -0.05) is 0 Å². The summed E-state index contributed by atoms with van der Waals surface area (Å²) in [7, 11) is 0. The average Bonchev–Trinajstić information content (AvgIpc) is 2.18. The fraction of sp³-hybridized carbons (Fsp3) is 0.100. The van der Waals surface area contributed by atoms with Gasteiger partial charge >= 0.3 is 0 Å². The van der Waals surface area contributed by atoms with Crippen molar-refractivity contribution >= 4 is 5.71 Å². The first-order valence-electron chi connectivity index (χ1n) is 4.03. The van der Waals surface area contributed by atoms with Crippen molar-refractivity contribution < 1.29 is 10.0 Å². The highest BCUT2D eigenvalue weighted by Gasteiger charge is 2.02. The predicted molar refractivity (Wildman–Crippen MR) is 54.8 cm³/mol. The SMILES string of the molecule is CC(=CO)C=C1C=CC(=[N+]([O-])[O-])C=C1. The number of nitrogens with zero attached hydrogens (tertiary/aromatic N) is 1. The molecule has 0 aliphatic heterocycles. The van der Waals surface area contributed by atoms with Gasteiger partial charge in [-0.25, -0.2) is 0 Å². The summed E-state index contributed by atoms with van der Waals surface area (Å²) in [5.74, 6) is 0. The van der Waals surface area contributed by atoms with Gasteiger partial charge in [-0.05, 0) is 36.3 Å². The van der Waals surface area contributed by atoms with Gasteiger partial charge in [0.05, 0.1) is 6.26 Å². The van der Waals surface area contributed by atoms with Crippen molar-refractivity contribution in [2.45, 2.75) is 6.92 Å². The first kappa shape index (κ1) is 10.1. The van der Waals surface area contributed by atoms with Crippen molar-refractivity contribution in [2.24, 2.45) is 0 Å². The van der Waals surface area contributed by atoms with E-state index in [9.17, 15) is 10.4 Å². The summed E-state index contributed by atoms with van der Waals surface area (Å²) < 4.78 is 0. The number of hydrogen-bond donors (Lipinski definition) is 1. The van der Waals surface area contributed by atoms with E-state index in [2.05, 4.69) is 0 Å². The molecule has 1 N–H and O–H groups in total. The van der Waals surface area contributed by atoms with Crippen LogP contribution in [-0.4, -0.2) is 15.7 Å². The van der Waals surface area contributed by atoms with Crippen LogP contribution in [0.15, 0.2) is 47.8 Å². The summed E-state index contributed by atoms with van der Waals surface area (Å²) in [6.07, 6.45) is 8.83. The van der Waals surface area contributed by atoms with Crippen LogP contribution in [0.3, 0.4) is 0 Å². The second-order valence-corrected chi connectivity index (χ2v) is 2.87. The zero-order valence-electron chi connectivity index (χ0n) is 7.68. The van der Waals surface area contributed by atoms with E-state index >= 15 is 0 Å². The van der Waals surface area contributed by atoms with Crippen LogP contribution in [0.2, 0.25) is 0 Å². The Hall–Kier alpha value is -1.97. The smallest absolute Gasteiger partial charge is 0.222 e. The molecular formula is C10H10NO3-. The van der Waals surface area contributed by atoms with E-state index in [1.807, 2.05) is 0 Å². The average molecular weight is 192 g/mol. The number of aliphatic hydroxyl groups is 1. The molecule has 0 radical (unpaired) electrons. The Bertz CT molecular complexity index is 351. The van der Waals surface area contributed by atoms with Crippen LogP contribution in [0, 0.1) is 10.4 Å². The lowest BCUT2D eigenvalue weighted by Gasteiger charge is -2.07. The van der Waals surface area contributed by atoms with E-state index in [4.69, 9.17) is 5.11 Å². The lowest BCUT2D eigenvalue weighted by molar-refractivity contribution is -0.377. The molecule has 0 heterocycles. The van der Waals surface area contributed by atoms with Gasteiger partial charge in [0.15, 0.2) is 0 Å². The Morgan fingerprint density at radius 1 is 1.29 bits per heavy atom. The zero-order valence-corrected chi connectivity index (χ0v) is 7.68. The minimum atomic E-state index is -0.446. The Labute approximate surface area is 81.7 Å². The molecule has 4 nitrogen and oxygen atoms in total. The standard InChI is InChI=1S/C10H10NO3/c1-8(7-12)6-9-2-4-10(5-3-9)11(13)14/h2-7H,1H3,(H-,12,13,14)/q-1. The van der Waals surface area contributed by atoms with Crippen LogP contribution < -0.4 is 0 Å². The summed E-state index contributed by atoms with van der Waals surface area (Å²) in [6.45, 7) is 1.74. The summed E-state index contributed by atoms with van der Waals surface area (Å²) in [5, 5.41) is 29.3. The highest BCUT2D eigenvalue weighted by Crippen LogP contribution is 2.09. The van der Waals surface area contributed by atoms with Crippen LogP contribution in [0.5, 0.6) is 0 Å². The van der Waals surface area contributed by atoms with Gasteiger partial charge < -0.3 is 15.5 Å². The maximum atomic E-state index is 10.3. The molecule has 0 saturated carbocycles. The van der Waals surface area contributed by atoms with Crippen LogP contribution in [0.1, 0.15) is 6.92 Å². The van der Waals surface area contributed by atoms with E-state index in [1.165, 1.54) is 12.2 Å². The van der Waals surface area contributed by atoms with Gasteiger partial charge in [0, 0.05) is 12.2 Å². The molecule has 1 aliphatic carbocycles. The summed E-state index contributed by atoms with van der Waals surface area (Å²) in [5.41, 5.74) is 1.57. The second kappa shape index (κ2) is 4.32. The fourth-order valence-electron chi connectivity index (χ4n) is 0.992. The van der Waals surface area contributed by atoms with Crippen molar-refractivity contribution in [1.29, 1.82) is 0 Å². The summed E-state index contributed by atoms with van der Waals surface area (Å²) in [6, 6.07) is 0. The zero-order chi connectivity index (χ0) is 10.6. The monoisotopic (exact) mass is 192 g/mol. The molecule has 0 saturated heterocycles. The van der Waals surface area contributed by atoms with Crippen molar-refractivity contribution in [3.8, 4) is 0 Å². The Balaban J connectivity index is 2.86. The van der Waals surface area contributed by atoms with E-state index in [-0.39, 0.29) is 5.71 Å². The van der Waals surface area contributed by atoms with E-state index < -0.39 is 4.90 Å². The van der Waals surface area contributed by atoms with E-state index in [0.29, 0.717) is 5.57 Å². The second-order valence-electron chi connectivity index (χ2n) is 2.87. The van der Waals surface area contributed by atoms with Crippen molar-refractivity contribution in [3.05, 3.63) is 58.2 Å². The first-order valence-corrected chi connectivity index (χ1v) is 4.03. The third-order valence-electron chi connectivity index (χ3n) is 1.70. The van der Waals surface area contributed by atoms with Crippen molar-refractivity contribution in [2.75, 3.05) is 0 Å². The maximum Gasteiger partial charge on any atom is 0.222 e. The molecule has 0 fully saturated rings. The third-order valence-corrected chi connectivity index (χ3v) is 1.70. The summed E-state index contributed by atoms with van der Waals surface area (Å²) in [4.78, 5) is -0.446. The Kier molecular flexibility index (Phi) is 3.12. The highest BCUT2D eigenvalue weighted by atomic mass is 16.8. The largest absolute Gasteiger partial charge is 0.612 e. The van der Waals surface area contributed by atoms with Crippen LogP contribution in [-0.2, 0) is 0 Å². The molecule has 0 spiro atoms. The Morgan fingerprint density at radius 2 is 1.86 bits per heavy atom. The molecule has 4 heteroatoms. The maximum absolute atomic E-state index is 10.3. The molecule has 74 valence electrons. The van der Waals surface area contributed by atoms with Crippen LogP contribution in [0.25, 0.3) is 0 Å². The topological polar surface area (TPSA) is 69.4 Å². The molecule has 0 unspecified atom stereocenters. The fourth-order valence-corrected chi connectivity index (χ4v) is 0.992. The molecular weight excluding hydrogens is 182 g/mol. The molecule has 0 amide bonds. The van der Waals surface area contributed by atoms with Gasteiger partial charge in [-0.2, -0.15) is 4.90 Å². The van der Waals surface area contributed by atoms with Gasteiger partial charge in [-0.3, -0.25) is 0 Å². The Morgan fingerprint density at radius 3 is 2.29 bits per heavy atom. The van der Waals surface area contributed by atoms with E-state index in [0.717, 1.165) is 11.8 Å². The van der Waals surface area contributed by atoms with Crippen molar-refractivity contribution in [3.63, 3.8) is 0 Å². The normalized spacial score (nSPS) is 15.9. The predicted octanol–water partition coefficient (Wildman–Crippen LogP) is 1.95. The van der Waals surface area contributed by atoms with Crippen LogP contribution in [0.4, 0.5) is 0 Å². The third kappa shape index (κ3) is 2.52. The minimum Gasteiger partial charge on any atom is -0.612 e. The number of allylic oxidation sites excluding steroid dienone is 7. The van der Waals surface area contributed by atoms with Gasteiger partial charge in [0.2, 0.25) is 5.71 Å². The number of hydrogen-bond acceptors (Lipinski definition) is 3. The molecule has 0 bridgehead atoms. The molecule has 14 heavy (non-hydrogen) atoms. The quantitative estimate of drug-likeness (QED) is 0.392. The molecule has 0 aromatic rings. The molecule has 1 rings (SSSR count). The number of rotatable bonds is 1.